The van der Waals surface area contributed by atoms with Gasteiger partial charge in [0.25, 0.3) is 0 Å². The van der Waals surface area contributed by atoms with E-state index >= 15 is 0 Å². The van der Waals surface area contributed by atoms with Gasteiger partial charge in [0.2, 0.25) is 7.37 Å². The fourth-order valence-corrected chi connectivity index (χ4v) is 5.27. The lowest BCUT2D eigenvalue weighted by Gasteiger charge is -2.41. The van der Waals surface area contributed by atoms with Gasteiger partial charge in [-0.25, -0.2) is 4.79 Å². The Labute approximate surface area is 193 Å². The van der Waals surface area contributed by atoms with Crippen molar-refractivity contribution < 1.29 is 54.3 Å². The number of nitrogens with zero attached hydrogens (tertiary/aromatic N) is 2. The third-order valence-corrected chi connectivity index (χ3v) is 7.88. The van der Waals surface area contributed by atoms with E-state index in [1.807, 2.05) is 0 Å². The molecular weight excluding hydrogens is 481 g/mol. The van der Waals surface area contributed by atoms with Crippen LogP contribution in [-0.2, 0) is 18.8 Å². The number of hydrogen-bond acceptors (Lipinski definition) is 13. The van der Waals surface area contributed by atoms with Gasteiger partial charge >= 0.3 is 5.69 Å². The zero-order valence-electron chi connectivity index (χ0n) is 18.1. The fraction of sp³-hybridized carbons (Fsp3) is 0.778. The molecule has 2 fully saturated rings. The SMILES string of the molecule is C[C@@H]1O[C@H](CO)[C@H](O)[C@H](OCCP(=O)(O)C(O)[C@H]2O[C@@H](n3ccc(N)nc3=O)C(O)C2O)[C@H]1O. The second-order valence-electron chi connectivity index (χ2n) is 8.29. The summed E-state index contributed by atoms with van der Waals surface area (Å²) in [7, 11) is -4.51. The van der Waals surface area contributed by atoms with Crippen LogP contribution >= 0.6 is 7.37 Å². The lowest BCUT2D eigenvalue weighted by Crippen LogP contribution is -2.58. The minimum Gasteiger partial charge on any atom is -0.394 e. The van der Waals surface area contributed by atoms with E-state index in [1.165, 1.54) is 13.0 Å². The maximum absolute atomic E-state index is 12.8. The van der Waals surface area contributed by atoms with E-state index in [-0.39, 0.29) is 5.82 Å². The highest BCUT2D eigenvalue weighted by atomic mass is 31.2. The summed E-state index contributed by atoms with van der Waals surface area (Å²) in [6.07, 6.45) is -12.1. The van der Waals surface area contributed by atoms with Crippen molar-refractivity contribution in [2.24, 2.45) is 0 Å². The molecule has 1 aromatic heterocycles. The maximum atomic E-state index is 12.8. The van der Waals surface area contributed by atoms with E-state index < -0.39 is 93.3 Å². The summed E-state index contributed by atoms with van der Waals surface area (Å²) in [5, 5.41) is 60.7. The topological polar surface area (TPSA) is 247 Å². The minimum atomic E-state index is -4.51. The predicted octanol–water partition coefficient (Wildman–Crippen LogP) is -4.08. The lowest BCUT2D eigenvalue weighted by molar-refractivity contribution is -0.236. The second-order valence-corrected chi connectivity index (χ2v) is 10.8. The molecule has 1 aromatic rings. The van der Waals surface area contributed by atoms with Gasteiger partial charge in [0, 0.05) is 6.20 Å². The Morgan fingerprint density at radius 2 is 1.88 bits per heavy atom. The standard InChI is InChI=1S/C18H30N3O12P/c1-7-10(23)14(11(24)8(6-22)32-7)31-4-5-34(29,30)17(27)15-12(25)13(26)16(33-15)21-3-2-9(19)20-18(21)28/h2-3,7-8,10-17,22-27H,4-6H2,1H3,(H,29,30)(H2,19,20,28)/t7-,8+,10-,11-,12?,13?,14+,15-,16+,17?/m0/s1. The van der Waals surface area contributed by atoms with Gasteiger partial charge in [0.1, 0.15) is 48.5 Å². The first kappa shape index (κ1) is 27.1. The molecule has 2 aliphatic heterocycles. The normalized spacial score (nSPS) is 39.0. The molecule has 3 heterocycles. The van der Waals surface area contributed by atoms with Crippen molar-refractivity contribution in [1.29, 1.82) is 0 Å². The van der Waals surface area contributed by atoms with Gasteiger partial charge in [-0.15, -0.1) is 0 Å². The molecule has 0 spiro atoms. The Balaban J connectivity index is 1.65. The molecule has 0 saturated carbocycles. The summed E-state index contributed by atoms with van der Waals surface area (Å²) in [6, 6.07) is 1.24. The highest BCUT2D eigenvalue weighted by molar-refractivity contribution is 7.58. The van der Waals surface area contributed by atoms with Crippen molar-refractivity contribution in [2.75, 3.05) is 25.1 Å². The van der Waals surface area contributed by atoms with E-state index in [2.05, 4.69) is 4.98 Å². The molecular formula is C18H30N3O12P. The van der Waals surface area contributed by atoms with Crippen LogP contribution in [0.5, 0.6) is 0 Å². The number of anilines is 1. The van der Waals surface area contributed by atoms with Crippen molar-refractivity contribution >= 4 is 13.2 Å². The Morgan fingerprint density at radius 1 is 1.21 bits per heavy atom. The van der Waals surface area contributed by atoms with Crippen LogP contribution in [0.25, 0.3) is 0 Å². The molecule has 2 saturated heterocycles. The van der Waals surface area contributed by atoms with Crippen LogP contribution < -0.4 is 11.4 Å². The summed E-state index contributed by atoms with van der Waals surface area (Å²) in [5.74, 6) is -2.26. The van der Waals surface area contributed by atoms with Gasteiger partial charge in [-0.3, -0.25) is 9.13 Å². The highest BCUT2D eigenvalue weighted by Gasteiger charge is 2.52. The van der Waals surface area contributed by atoms with Crippen molar-refractivity contribution in [3.63, 3.8) is 0 Å². The smallest absolute Gasteiger partial charge is 0.351 e. The summed E-state index contributed by atoms with van der Waals surface area (Å²) >= 11 is 0. The zero-order valence-corrected chi connectivity index (χ0v) is 19.0. The average molecular weight is 511 g/mol. The molecule has 0 aromatic carbocycles. The molecule has 0 amide bonds. The number of aliphatic hydroxyl groups is 6. The van der Waals surface area contributed by atoms with Crippen LogP contribution in [0.1, 0.15) is 13.2 Å². The molecule has 11 atom stereocenters. The van der Waals surface area contributed by atoms with Crippen LogP contribution in [0.2, 0.25) is 0 Å². The Hall–Kier alpha value is -1.49. The number of aromatic nitrogens is 2. The van der Waals surface area contributed by atoms with Crippen LogP contribution in [0.4, 0.5) is 5.82 Å². The van der Waals surface area contributed by atoms with Crippen molar-refractivity contribution in [3.05, 3.63) is 22.7 Å². The number of nitrogens with two attached hydrogens (primary N) is 1. The molecule has 0 radical (unpaired) electrons. The van der Waals surface area contributed by atoms with Gasteiger partial charge in [0.05, 0.1) is 25.5 Å². The quantitative estimate of drug-likeness (QED) is 0.155. The predicted molar refractivity (Wildman–Crippen MR) is 113 cm³/mol. The molecule has 3 rings (SSSR count). The second kappa shape index (κ2) is 10.6. The Bertz CT molecular complexity index is 949. The molecule has 194 valence electrons. The zero-order chi connectivity index (χ0) is 25.4. The number of rotatable bonds is 8. The van der Waals surface area contributed by atoms with E-state index in [0.29, 0.717) is 0 Å². The first-order chi connectivity index (χ1) is 15.9. The number of nitrogen functional groups attached to an aromatic ring is 1. The summed E-state index contributed by atoms with van der Waals surface area (Å²) in [6.45, 7) is 0.464. The molecule has 16 heteroatoms. The van der Waals surface area contributed by atoms with Gasteiger partial charge < -0.3 is 55.5 Å². The van der Waals surface area contributed by atoms with Crippen LogP contribution in [0, 0.1) is 0 Å². The maximum Gasteiger partial charge on any atom is 0.351 e. The van der Waals surface area contributed by atoms with E-state index in [0.717, 1.165) is 10.8 Å². The number of hydrogen-bond donors (Lipinski definition) is 8. The third-order valence-electron chi connectivity index (χ3n) is 5.93. The lowest BCUT2D eigenvalue weighted by atomic mass is 9.96. The van der Waals surface area contributed by atoms with Gasteiger partial charge in [-0.05, 0) is 13.0 Å². The van der Waals surface area contributed by atoms with Gasteiger partial charge in [-0.1, -0.05) is 0 Å². The molecule has 15 nitrogen and oxygen atoms in total. The summed E-state index contributed by atoms with van der Waals surface area (Å²) in [5.41, 5.74) is 4.51. The molecule has 9 N–H and O–H groups in total. The fourth-order valence-electron chi connectivity index (χ4n) is 3.93. The molecule has 34 heavy (non-hydrogen) atoms. The largest absolute Gasteiger partial charge is 0.394 e. The van der Waals surface area contributed by atoms with Gasteiger partial charge in [-0.2, -0.15) is 4.98 Å². The molecule has 4 unspecified atom stereocenters. The first-order valence-corrected chi connectivity index (χ1v) is 12.4. The third kappa shape index (κ3) is 5.34. The highest BCUT2D eigenvalue weighted by Crippen LogP contribution is 2.49. The molecule has 2 aliphatic rings. The van der Waals surface area contributed by atoms with Crippen LogP contribution in [-0.4, -0.2) is 119 Å². The Kier molecular flexibility index (Phi) is 8.48. The summed E-state index contributed by atoms with van der Waals surface area (Å²) < 4.78 is 29.5. The van der Waals surface area contributed by atoms with Gasteiger partial charge in [0.15, 0.2) is 12.1 Å². The molecule has 0 bridgehead atoms. The van der Waals surface area contributed by atoms with E-state index in [1.54, 1.807) is 0 Å². The first-order valence-electron chi connectivity index (χ1n) is 10.5. The van der Waals surface area contributed by atoms with Crippen molar-refractivity contribution in [3.8, 4) is 0 Å². The minimum absolute atomic E-state index is 0.0924. The average Bonchev–Trinajstić information content (AvgIpc) is 3.07. The Morgan fingerprint density at radius 3 is 2.50 bits per heavy atom. The van der Waals surface area contributed by atoms with Crippen LogP contribution in [0.3, 0.4) is 0 Å². The van der Waals surface area contributed by atoms with E-state index in [9.17, 15) is 44.9 Å². The number of ether oxygens (including phenoxy) is 3. The van der Waals surface area contributed by atoms with Crippen LogP contribution in [0.15, 0.2) is 17.1 Å². The monoisotopic (exact) mass is 511 g/mol. The van der Waals surface area contributed by atoms with Crippen molar-refractivity contribution in [2.45, 2.75) is 67.8 Å². The molecule has 0 aliphatic carbocycles. The van der Waals surface area contributed by atoms with Crippen molar-refractivity contribution in [1.82, 2.24) is 9.55 Å². The number of aliphatic hydroxyl groups excluding tert-OH is 6. The van der Waals surface area contributed by atoms with E-state index in [4.69, 9.17) is 19.9 Å². The summed E-state index contributed by atoms with van der Waals surface area (Å²) in [4.78, 5) is 25.9.